The molecule has 11 heteroatoms. The maximum Gasteiger partial charge on any atom is 0.449 e. The molecule has 0 bridgehead atoms. The number of aryl methyl sites for hydroxylation is 2. The predicted molar refractivity (Wildman–Crippen MR) is 110 cm³/mol. The van der Waals surface area contributed by atoms with Gasteiger partial charge in [-0.1, -0.05) is 0 Å². The first-order valence-electron chi connectivity index (χ1n) is 10.4. The van der Waals surface area contributed by atoms with Gasteiger partial charge in [-0.15, -0.1) is 0 Å². The third-order valence-corrected chi connectivity index (χ3v) is 5.50. The normalized spacial score (nSPS) is 15.3. The van der Waals surface area contributed by atoms with Crippen molar-refractivity contribution >= 4 is 22.6 Å². The zero-order valence-corrected chi connectivity index (χ0v) is 17.8. The molecule has 8 nitrogen and oxygen atoms in total. The van der Waals surface area contributed by atoms with Crippen LogP contribution in [0.25, 0.3) is 11.0 Å². The molecule has 4 rings (SSSR count). The summed E-state index contributed by atoms with van der Waals surface area (Å²) in [6, 6.07) is 1.94. The molecule has 1 saturated heterocycles. The van der Waals surface area contributed by atoms with Gasteiger partial charge < -0.3 is 19.8 Å². The van der Waals surface area contributed by atoms with E-state index >= 15 is 0 Å². The van der Waals surface area contributed by atoms with Gasteiger partial charge in [0.25, 0.3) is 5.91 Å². The Kier molecular flexibility index (Phi) is 6.09. The minimum Gasteiger partial charge on any atom is -0.446 e. The van der Waals surface area contributed by atoms with Crippen LogP contribution in [0.1, 0.15) is 47.3 Å². The first kappa shape index (κ1) is 22.1. The standard InChI is InChI=1S/C21H24F3N5O3/c1-3-29-19-15(11-26-29)18(28-13-6-8-31-9-7-13)14(12(2)27-19)10-25-20(30)16-4-5-17(32-16)21(22,23)24/h4-5,11,13H,3,6-10H2,1-2H3,(H,25,30)(H,27,28). The van der Waals surface area contributed by atoms with E-state index in [1.54, 1.807) is 10.9 Å². The van der Waals surface area contributed by atoms with Gasteiger partial charge in [0, 0.05) is 43.6 Å². The number of hydrogen-bond acceptors (Lipinski definition) is 6. The van der Waals surface area contributed by atoms with Crippen molar-refractivity contribution in [2.24, 2.45) is 0 Å². The highest BCUT2D eigenvalue weighted by Crippen LogP contribution is 2.32. The minimum atomic E-state index is -4.65. The van der Waals surface area contributed by atoms with Crippen molar-refractivity contribution in [2.75, 3.05) is 18.5 Å². The number of ether oxygens (including phenoxy) is 1. The van der Waals surface area contributed by atoms with Gasteiger partial charge in [-0.25, -0.2) is 9.67 Å². The molecule has 1 aliphatic rings. The fourth-order valence-corrected chi connectivity index (χ4v) is 3.77. The lowest BCUT2D eigenvalue weighted by Crippen LogP contribution is -2.29. The number of amides is 1. The molecule has 0 aromatic carbocycles. The van der Waals surface area contributed by atoms with Gasteiger partial charge >= 0.3 is 6.18 Å². The van der Waals surface area contributed by atoms with Crippen molar-refractivity contribution in [1.29, 1.82) is 0 Å². The number of aromatic nitrogens is 3. The second-order valence-electron chi connectivity index (χ2n) is 7.62. The summed E-state index contributed by atoms with van der Waals surface area (Å²) in [6.07, 6.45) is -1.24. The predicted octanol–water partition coefficient (Wildman–Crippen LogP) is 3.89. The molecule has 172 valence electrons. The molecule has 3 aromatic rings. The number of nitrogens with one attached hydrogen (secondary N) is 2. The third-order valence-electron chi connectivity index (χ3n) is 5.50. The molecule has 0 saturated carbocycles. The molecule has 0 aliphatic carbocycles. The van der Waals surface area contributed by atoms with Gasteiger partial charge in [-0.2, -0.15) is 18.3 Å². The Bertz CT molecular complexity index is 1120. The fourth-order valence-electron chi connectivity index (χ4n) is 3.77. The SMILES string of the molecule is CCn1ncc2c(NC3CCOCC3)c(CNC(=O)c3ccc(C(F)(F)F)o3)c(C)nc21. The van der Waals surface area contributed by atoms with Crippen molar-refractivity contribution in [3.63, 3.8) is 0 Å². The van der Waals surface area contributed by atoms with Crippen LogP contribution in [0.3, 0.4) is 0 Å². The molecule has 1 amide bonds. The second-order valence-corrected chi connectivity index (χ2v) is 7.62. The molecule has 0 atom stereocenters. The molecule has 4 heterocycles. The van der Waals surface area contributed by atoms with Crippen LogP contribution in [0.15, 0.2) is 22.7 Å². The van der Waals surface area contributed by atoms with E-state index in [4.69, 9.17) is 4.74 Å². The first-order chi connectivity index (χ1) is 15.3. The highest BCUT2D eigenvalue weighted by molar-refractivity contribution is 5.93. The van der Waals surface area contributed by atoms with Gasteiger partial charge in [0.05, 0.1) is 17.3 Å². The maximum atomic E-state index is 12.8. The van der Waals surface area contributed by atoms with E-state index in [2.05, 4.69) is 25.1 Å². The number of hydrogen-bond donors (Lipinski definition) is 2. The Hall–Kier alpha value is -3.08. The Morgan fingerprint density at radius 2 is 2.03 bits per heavy atom. The average molecular weight is 451 g/mol. The van der Waals surface area contributed by atoms with Crippen molar-refractivity contribution < 1.29 is 27.1 Å². The zero-order valence-electron chi connectivity index (χ0n) is 17.8. The number of carbonyl (C=O) groups excluding carboxylic acids is 1. The summed E-state index contributed by atoms with van der Waals surface area (Å²) in [7, 11) is 0. The Morgan fingerprint density at radius 1 is 1.28 bits per heavy atom. The van der Waals surface area contributed by atoms with E-state index in [0.717, 1.165) is 47.3 Å². The van der Waals surface area contributed by atoms with Crippen molar-refractivity contribution in [3.05, 3.63) is 41.1 Å². The van der Waals surface area contributed by atoms with E-state index < -0.39 is 23.6 Å². The molecule has 1 aliphatic heterocycles. The molecule has 0 radical (unpaired) electrons. The van der Waals surface area contributed by atoms with Crippen LogP contribution < -0.4 is 10.6 Å². The van der Waals surface area contributed by atoms with Crippen LogP contribution in [0.4, 0.5) is 18.9 Å². The fraction of sp³-hybridized carbons (Fsp3) is 0.476. The van der Waals surface area contributed by atoms with E-state index in [9.17, 15) is 18.0 Å². The summed E-state index contributed by atoms with van der Waals surface area (Å²) in [5, 5.41) is 11.4. The summed E-state index contributed by atoms with van der Waals surface area (Å²) in [4.78, 5) is 17.1. The molecular formula is C21H24F3N5O3. The van der Waals surface area contributed by atoms with Crippen LogP contribution >= 0.6 is 0 Å². The summed E-state index contributed by atoms with van der Waals surface area (Å²) >= 11 is 0. The van der Waals surface area contributed by atoms with Crippen molar-refractivity contribution in [2.45, 2.75) is 52.0 Å². The highest BCUT2D eigenvalue weighted by Gasteiger charge is 2.35. The quantitative estimate of drug-likeness (QED) is 0.591. The number of nitrogens with zero attached hydrogens (tertiary/aromatic N) is 3. The van der Waals surface area contributed by atoms with Crippen molar-refractivity contribution in [1.82, 2.24) is 20.1 Å². The average Bonchev–Trinajstić information content (AvgIpc) is 3.41. The van der Waals surface area contributed by atoms with E-state index in [-0.39, 0.29) is 12.6 Å². The van der Waals surface area contributed by atoms with E-state index in [1.165, 1.54) is 0 Å². The number of fused-ring (bicyclic) bond motifs is 1. The molecule has 0 unspecified atom stereocenters. The minimum absolute atomic E-state index is 0.0680. The topological polar surface area (TPSA) is 94.2 Å². The molecular weight excluding hydrogens is 427 g/mol. The lowest BCUT2D eigenvalue weighted by atomic mass is 10.0. The first-order valence-corrected chi connectivity index (χ1v) is 10.4. The van der Waals surface area contributed by atoms with Gasteiger partial charge in [-0.05, 0) is 38.8 Å². The molecule has 3 aromatic heterocycles. The van der Waals surface area contributed by atoms with E-state index in [0.29, 0.717) is 25.5 Å². The van der Waals surface area contributed by atoms with Crippen LogP contribution in [-0.4, -0.2) is 39.9 Å². The van der Waals surface area contributed by atoms with Gasteiger partial charge in [-0.3, -0.25) is 4.79 Å². The lowest BCUT2D eigenvalue weighted by Gasteiger charge is -2.26. The van der Waals surface area contributed by atoms with Gasteiger partial charge in [0.15, 0.2) is 11.4 Å². The molecule has 0 spiro atoms. The second kappa shape index (κ2) is 8.81. The number of rotatable bonds is 6. The molecule has 1 fully saturated rings. The summed E-state index contributed by atoms with van der Waals surface area (Å²) in [6.45, 7) is 5.84. The van der Waals surface area contributed by atoms with E-state index in [1.807, 2.05) is 13.8 Å². The zero-order chi connectivity index (χ0) is 22.9. The smallest absolute Gasteiger partial charge is 0.446 e. The Labute approximate surface area is 182 Å². The number of furan rings is 1. The molecule has 2 N–H and O–H groups in total. The largest absolute Gasteiger partial charge is 0.449 e. The van der Waals surface area contributed by atoms with Gasteiger partial charge in [0.1, 0.15) is 0 Å². The monoisotopic (exact) mass is 451 g/mol. The summed E-state index contributed by atoms with van der Waals surface area (Å²) < 4.78 is 50.2. The van der Waals surface area contributed by atoms with Crippen LogP contribution in [0.5, 0.6) is 0 Å². The summed E-state index contributed by atoms with van der Waals surface area (Å²) in [5.41, 5.74) is 2.99. The lowest BCUT2D eigenvalue weighted by molar-refractivity contribution is -0.153. The van der Waals surface area contributed by atoms with Gasteiger partial charge in [0.2, 0.25) is 5.76 Å². The van der Waals surface area contributed by atoms with Crippen LogP contribution in [-0.2, 0) is 24.0 Å². The third kappa shape index (κ3) is 4.43. The number of anilines is 1. The number of carbonyl (C=O) groups is 1. The number of halogens is 3. The Morgan fingerprint density at radius 3 is 2.69 bits per heavy atom. The highest BCUT2D eigenvalue weighted by atomic mass is 19.4. The molecule has 32 heavy (non-hydrogen) atoms. The number of pyridine rings is 1. The van der Waals surface area contributed by atoms with Crippen LogP contribution in [0, 0.1) is 6.92 Å². The Balaban J connectivity index is 1.62. The maximum absolute atomic E-state index is 12.8. The van der Waals surface area contributed by atoms with Crippen LogP contribution in [0.2, 0.25) is 0 Å². The summed E-state index contributed by atoms with van der Waals surface area (Å²) in [5.74, 6) is -2.35. The number of alkyl halides is 3. The van der Waals surface area contributed by atoms with Crippen molar-refractivity contribution in [3.8, 4) is 0 Å².